The van der Waals surface area contributed by atoms with Crippen LogP contribution < -0.4 is 10.1 Å². The van der Waals surface area contributed by atoms with Gasteiger partial charge in [0.2, 0.25) is 0 Å². The van der Waals surface area contributed by atoms with Crippen LogP contribution in [0.1, 0.15) is 5.56 Å². The van der Waals surface area contributed by atoms with Crippen LogP contribution in [0, 0.1) is 11.3 Å². The van der Waals surface area contributed by atoms with Crippen LogP contribution in [0.3, 0.4) is 0 Å². The zero-order valence-corrected chi connectivity index (χ0v) is 13.8. The van der Waals surface area contributed by atoms with E-state index in [0.29, 0.717) is 17.9 Å². The summed E-state index contributed by atoms with van der Waals surface area (Å²) in [4.78, 5) is 12.0. The molecule has 0 aliphatic carbocycles. The summed E-state index contributed by atoms with van der Waals surface area (Å²) in [6.07, 6.45) is 1.44. The van der Waals surface area contributed by atoms with E-state index in [4.69, 9.17) is 10.00 Å². The van der Waals surface area contributed by atoms with Crippen molar-refractivity contribution in [3.63, 3.8) is 0 Å². The van der Waals surface area contributed by atoms with Gasteiger partial charge < -0.3 is 10.1 Å². The largest absolute Gasteiger partial charge is 0.484 e. The third-order valence-corrected chi connectivity index (χ3v) is 4.27. The summed E-state index contributed by atoms with van der Waals surface area (Å²) in [5.41, 5.74) is 1.48. The van der Waals surface area contributed by atoms with Crippen molar-refractivity contribution in [1.29, 1.82) is 5.26 Å². The van der Waals surface area contributed by atoms with Crippen LogP contribution in [0.4, 0.5) is 5.69 Å². The lowest BCUT2D eigenvalue weighted by Gasteiger charge is -2.08. The van der Waals surface area contributed by atoms with Gasteiger partial charge in [0.15, 0.2) is 16.4 Å². The molecule has 0 aliphatic rings. The van der Waals surface area contributed by atoms with E-state index >= 15 is 0 Å². The minimum Gasteiger partial charge on any atom is -0.484 e. The molecule has 0 bridgehead atoms. The minimum absolute atomic E-state index is 0.191. The van der Waals surface area contributed by atoms with E-state index in [9.17, 15) is 13.2 Å². The Labute approximate surface area is 140 Å². The molecule has 1 N–H and O–H groups in total. The Hall–Kier alpha value is -2.85. The molecule has 0 radical (unpaired) electrons. The van der Waals surface area contributed by atoms with Crippen LogP contribution in [-0.2, 0) is 21.1 Å². The molecule has 6 nitrogen and oxygen atoms in total. The average molecular weight is 344 g/mol. The van der Waals surface area contributed by atoms with E-state index in [1.165, 1.54) is 24.3 Å². The first-order valence-corrected chi connectivity index (χ1v) is 8.96. The van der Waals surface area contributed by atoms with Gasteiger partial charge in [0.1, 0.15) is 5.75 Å². The van der Waals surface area contributed by atoms with Gasteiger partial charge >= 0.3 is 0 Å². The average Bonchev–Trinajstić information content (AvgIpc) is 2.55. The monoisotopic (exact) mass is 344 g/mol. The second kappa shape index (κ2) is 7.62. The van der Waals surface area contributed by atoms with Gasteiger partial charge in [-0.3, -0.25) is 4.79 Å². The Kier molecular flexibility index (Phi) is 5.55. The highest BCUT2D eigenvalue weighted by Gasteiger charge is 2.08. The van der Waals surface area contributed by atoms with Crippen LogP contribution in [0.2, 0.25) is 0 Å². The maximum atomic E-state index is 11.8. The smallest absolute Gasteiger partial charge is 0.262 e. The Morgan fingerprint density at radius 2 is 1.75 bits per heavy atom. The molecule has 0 aromatic heterocycles. The van der Waals surface area contributed by atoms with Gasteiger partial charge in [0, 0.05) is 11.9 Å². The molecule has 124 valence electrons. The molecule has 0 saturated heterocycles. The number of nitriles is 1. The zero-order chi connectivity index (χ0) is 17.6. The Balaban J connectivity index is 1.88. The van der Waals surface area contributed by atoms with Crippen LogP contribution >= 0.6 is 0 Å². The summed E-state index contributed by atoms with van der Waals surface area (Å²) in [6.45, 7) is -0.196. The number of anilines is 1. The van der Waals surface area contributed by atoms with Gasteiger partial charge in [-0.05, 0) is 42.0 Å². The van der Waals surface area contributed by atoms with Crippen molar-refractivity contribution in [1.82, 2.24) is 0 Å². The highest BCUT2D eigenvalue weighted by Crippen LogP contribution is 2.16. The van der Waals surface area contributed by atoms with Crippen molar-refractivity contribution in [3.8, 4) is 11.8 Å². The summed E-state index contributed by atoms with van der Waals surface area (Å²) in [5, 5.41) is 11.3. The van der Waals surface area contributed by atoms with Crippen molar-refractivity contribution in [2.45, 2.75) is 11.3 Å². The van der Waals surface area contributed by atoms with Gasteiger partial charge in [-0.1, -0.05) is 12.1 Å². The van der Waals surface area contributed by atoms with Crippen molar-refractivity contribution < 1.29 is 17.9 Å². The van der Waals surface area contributed by atoms with E-state index in [1.54, 1.807) is 24.3 Å². The molecular formula is C17H16N2O4S. The Bertz CT molecular complexity index is 851. The SMILES string of the molecule is CS(=O)(=O)c1ccc(OCC(=O)Nc2ccc(CC#N)cc2)cc1. The van der Waals surface area contributed by atoms with E-state index in [0.717, 1.165) is 11.8 Å². The molecule has 0 saturated carbocycles. The van der Waals surface area contributed by atoms with Gasteiger partial charge in [0.05, 0.1) is 17.4 Å². The van der Waals surface area contributed by atoms with Crippen molar-refractivity contribution >= 4 is 21.4 Å². The second-order valence-corrected chi connectivity index (χ2v) is 7.13. The number of sulfone groups is 1. The molecule has 2 aromatic carbocycles. The fourth-order valence-electron chi connectivity index (χ4n) is 1.93. The molecule has 2 aromatic rings. The van der Waals surface area contributed by atoms with E-state index < -0.39 is 9.84 Å². The predicted octanol–water partition coefficient (Wildman–Crippen LogP) is 2.17. The highest BCUT2D eigenvalue weighted by molar-refractivity contribution is 7.90. The van der Waals surface area contributed by atoms with Crippen LogP contribution in [-0.4, -0.2) is 27.2 Å². The predicted molar refractivity (Wildman–Crippen MR) is 89.4 cm³/mol. The molecule has 24 heavy (non-hydrogen) atoms. The van der Waals surface area contributed by atoms with Crippen molar-refractivity contribution in [2.75, 3.05) is 18.2 Å². The van der Waals surface area contributed by atoms with E-state index in [2.05, 4.69) is 11.4 Å². The quantitative estimate of drug-likeness (QED) is 0.866. The van der Waals surface area contributed by atoms with Crippen molar-refractivity contribution in [3.05, 3.63) is 54.1 Å². The number of hydrogen-bond acceptors (Lipinski definition) is 5. The van der Waals surface area contributed by atoms with E-state index in [1.807, 2.05) is 0 Å². The number of carbonyl (C=O) groups excluding carboxylic acids is 1. The molecule has 0 heterocycles. The van der Waals surface area contributed by atoms with Gasteiger partial charge in [-0.2, -0.15) is 5.26 Å². The first-order chi connectivity index (χ1) is 11.4. The number of ether oxygens (including phenoxy) is 1. The number of nitrogens with one attached hydrogen (secondary N) is 1. The molecule has 0 fully saturated rings. The van der Waals surface area contributed by atoms with Crippen molar-refractivity contribution in [2.24, 2.45) is 0 Å². The number of nitrogens with zero attached hydrogens (tertiary/aromatic N) is 1. The summed E-state index contributed by atoms with van der Waals surface area (Å²) in [7, 11) is -3.25. The Morgan fingerprint density at radius 3 is 2.29 bits per heavy atom. The summed E-state index contributed by atoms with van der Waals surface area (Å²) in [6, 6.07) is 14.9. The van der Waals surface area contributed by atoms with Gasteiger partial charge in [-0.25, -0.2) is 8.42 Å². The fourth-order valence-corrected chi connectivity index (χ4v) is 2.56. The van der Waals surface area contributed by atoms with Gasteiger partial charge in [-0.15, -0.1) is 0 Å². The topological polar surface area (TPSA) is 96.3 Å². The molecule has 7 heteroatoms. The second-order valence-electron chi connectivity index (χ2n) is 5.11. The molecule has 0 unspecified atom stereocenters. The zero-order valence-electron chi connectivity index (χ0n) is 13.0. The molecule has 0 atom stereocenters. The summed E-state index contributed by atoms with van der Waals surface area (Å²) in [5.74, 6) is 0.0668. The fraction of sp³-hybridized carbons (Fsp3) is 0.176. The lowest BCUT2D eigenvalue weighted by molar-refractivity contribution is -0.118. The molecule has 2 rings (SSSR count). The molecule has 1 amide bonds. The van der Waals surface area contributed by atoms with Crippen LogP contribution in [0.25, 0.3) is 0 Å². The van der Waals surface area contributed by atoms with Crippen LogP contribution in [0.15, 0.2) is 53.4 Å². The molecular weight excluding hydrogens is 328 g/mol. The lowest BCUT2D eigenvalue weighted by Crippen LogP contribution is -2.20. The summed E-state index contributed by atoms with van der Waals surface area (Å²) >= 11 is 0. The number of benzene rings is 2. The maximum absolute atomic E-state index is 11.8. The van der Waals surface area contributed by atoms with Crippen LogP contribution in [0.5, 0.6) is 5.75 Å². The number of rotatable bonds is 6. The number of amides is 1. The molecule has 0 aliphatic heterocycles. The van der Waals surface area contributed by atoms with E-state index in [-0.39, 0.29) is 17.4 Å². The first-order valence-electron chi connectivity index (χ1n) is 7.07. The lowest BCUT2D eigenvalue weighted by atomic mass is 10.1. The highest BCUT2D eigenvalue weighted by atomic mass is 32.2. The number of carbonyl (C=O) groups is 1. The standard InChI is InChI=1S/C17H16N2O4S/c1-24(21,22)16-8-6-15(7-9-16)23-12-17(20)19-14-4-2-13(3-5-14)10-11-18/h2-9H,10,12H2,1H3,(H,19,20). The number of hydrogen-bond donors (Lipinski definition) is 1. The Morgan fingerprint density at radius 1 is 1.12 bits per heavy atom. The normalized spacial score (nSPS) is 10.7. The summed E-state index contributed by atoms with van der Waals surface area (Å²) < 4.78 is 28.0. The maximum Gasteiger partial charge on any atom is 0.262 e. The first kappa shape index (κ1) is 17.5. The third-order valence-electron chi connectivity index (χ3n) is 3.14. The van der Waals surface area contributed by atoms with Gasteiger partial charge in [0.25, 0.3) is 5.91 Å². The minimum atomic E-state index is -3.25. The third kappa shape index (κ3) is 5.11. The molecule has 0 spiro atoms.